The van der Waals surface area contributed by atoms with Gasteiger partial charge < -0.3 is 9.84 Å². The summed E-state index contributed by atoms with van der Waals surface area (Å²) in [6.45, 7) is 8.12. The Kier molecular flexibility index (Phi) is 3.75. The van der Waals surface area contributed by atoms with Crippen LogP contribution < -0.4 is 0 Å². The highest BCUT2D eigenvalue weighted by Gasteiger charge is 2.27. The second kappa shape index (κ2) is 5.30. The van der Waals surface area contributed by atoms with Crippen LogP contribution in [0.3, 0.4) is 0 Å². The van der Waals surface area contributed by atoms with Gasteiger partial charge in [0.05, 0.1) is 0 Å². The van der Waals surface area contributed by atoms with Crippen molar-refractivity contribution in [1.82, 2.24) is 0 Å². The number of hydrogen-bond acceptors (Lipinski definition) is 2. The smallest absolute Gasteiger partial charge is 0.122 e. The molecule has 0 spiro atoms. The van der Waals surface area contributed by atoms with E-state index in [1.165, 1.54) is 12.8 Å². The molecule has 2 rings (SSSR count). The average Bonchev–Trinajstić information content (AvgIpc) is 3.16. The zero-order valence-corrected chi connectivity index (χ0v) is 11.1. The molecule has 0 aromatic heterocycles. The first-order chi connectivity index (χ1) is 8.63. The molecular formula is C16H20O2. The molecule has 2 nitrogen and oxygen atoms in total. The maximum absolute atomic E-state index is 10.2. The van der Waals surface area contributed by atoms with Gasteiger partial charge in [-0.25, -0.2) is 0 Å². The molecule has 1 saturated carbocycles. The topological polar surface area (TPSA) is 29.5 Å². The van der Waals surface area contributed by atoms with Crippen LogP contribution in [0.5, 0.6) is 5.75 Å². The molecule has 1 aliphatic rings. The maximum Gasteiger partial charge on any atom is 0.122 e. The van der Waals surface area contributed by atoms with E-state index in [2.05, 4.69) is 6.58 Å². The summed E-state index contributed by atoms with van der Waals surface area (Å²) < 4.78 is 5.53. The Morgan fingerprint density at radius 1 is 1.50 bits per heavy atom. The summed E-state index contributed by atoms with van der Waals surface area (Å²) in [5.74, 6) is 1.65. The third kappa shape index (κ3) is 2.76. The quantitative estimate of drug-likeness (QED) is 0.621. The lowest BCUT2D eigenvalue weighted by Crippen LogP contribution is -1.96. The van der Waals surface area contributed by atoms with Gasteiger partial charge in [-0.2, -0.15) is 0 Å². The van der Waals surface area contributed by atoms with E-state index in [9.17, 15) is 5.11 Å². The lowest BCUT2D eigenvalue weighted by molar-refractivity contribution is 0.211. The van der Waals surface area contributed by atoms with Crippen LogP contribution in [0.15, 0.2) is 36.6 Å². The molecule has 2 heteroatoms. The largest absolute Gasteiger partial charge is 0.507 e. The minimum atomic E-state index is 0.440. The van der Waals surface area contributed by atoms with Crippen LogP contribution in [-0.4, -0.2) is 5.11 Å². The van der Waals surface area contributed by atoms with Gasteiger partial charge in [0.15, 0.2) is 0 Å². The van der Waals surface area contributed by atoms with E-state index in [0.717, 1.165) is 16.7 Å². The van der Waals surface area contributed by atoms with Gasteiger partial charge >= 0.3 is 0 Å². The SMILES string of the molecule is C=C(/C=C\C)OCc1ccc(C2CC2)c(O)c1C. The first-order valence-corrected chi connectivity index (χ1v) is 6.39. The van der Waals surface area contributed by atoms with E-state index in [1.54, 1.807) is 0 Å². The number of allylic oxidation sites excluding steroid dienone is 2. The third-order valence-corrected chi connectivity index (χ3v) is 3.36. The van der Waals surface area contributed by atoms with Crippen molar-refractivity contribution in [3.63, 3.8) is 0 Å². The summed E-state index contributed by atoms with van der Waals surface area (Å²) in [4.78, 5) is 0. The Morgan fingerprint density at radius 2 is 2.22 bits per heavy atom. The molecule has 1 aromatic carbocycles. The lowest BCUT2D eigenvalue weighted by atomic mass is 10.0. The van der Waals surface area contributed by atoms with E-state index in [1.807, 2.05) is 38.1 Å². The van der Waals surface area contributed by atoms with E-state index < -0.39 is 0 Å². The predicted molar refractivity (Wildman–Crippen MR) is 73.6 cm³/mol. The summed E-state index contributed by atoms with van der Waals surface area (Å²) in [6, 6.07) is 4.07. The van der Waals surface area contributed by atoms with Gasteiger partial charge in [-0.15, -0.1) is 0 Å². The van der Waals surface area contributed by atoms with Crippen molar-refractivity contribution >= 4 is 0 Å². The van der Waals surface area contributed by atoms with Crippen molar-refractivity contribution in [3.8, 4) is 5.75 Å². The molecule has 0 radical (unpaired) electrons. The molecule has 0 atom stereocenters. The zero-order valence-electron chi connectivity index (χ0n) is 11.1. The fourth-order valence-electron chi connectivity index (χ4n) is 2.05. The van der Waals surface area contributed by atoms with E-state index in [0.29, 0.717) is 24.0 Å². The van der Waals surface area contributed by atoms with Crippen molar-refractivity contribution in [3.05, 3.63) is 53.3 Å². The van der Waals surface area contributed by atoms with Crippen LogP contribution in [0.4, 0.5) is 0 Å². The zero-order chi connectivity index (χ0) is 13.1. The van der Waals surface area contributed by atoms with Crippen molar-refractivity contribution in [2.75, 3.05) is 0 Å². The molecule has 1 fully saturated rings. The summed E-state index contributed by atoms with van der Waals surface area (Å²) in [7, 11) is 0. The molecule has 18 heavy (non-hydrogen) atoms. The van der Waals surface area contributed by atoms with Crippen LogP contribution in [0.1, 0.15) is 42.4 Å². The molecule has 0 aliphatic heterocycles. The number of ether oxygens (including phenoxy) is 1. The highest BCUT2D eigenvalue weighted by Crippen LogP contribution is 2.45. The number of rotatable bonds is 5. The summed E-state index contributed by atoms with van der Waals surface area (Å²) >= 11 is 0. The van der Waals surface area contributed by atoms with Gasteiger partial charge in [0.25, 0.3) is 0 Å². The normalized spacial score (nSPS) is 15.0. The van der Waals surface area contributed by atoms with Crippen LogP contribution in [-0.2, 0) is 11.3 Å². The minimum Gasteiger partial charge on any atom is -0.507 e. The number of benzene rings is 1. The van der Waals surface area contributed by atoms with E-state index in [-0.39, 0.29) is 0 Å². The van der Waals surface area contributed by atoms with Gasteiger partial charge in [-0.05, 0) is 55.4 Å². The Balaban J connectivity index is 2.09. The van der Waals surface area contributed by atoms with Gasteiger partial charge in [-0.1, -0.05) is 24.8 Å². The number of hydrogen-bond donors (Lipinski definition) is 1. The Hall–Kier alpha value is -1.70. The molecule has 0 saturated heterocycles. The van der Waals surface area contributed by atoms with Crippen LogP contribution in [0, 0.1) is 6.92 Å². The average molecular weight is 244 g/mol. The van der Waals surface area contributed by atoms with Gasteiger partial charge in [-0.3, -0.25) is 0 Å². The van der Waals surface area contributed by atoms with Gasteiger partial charge in [0, 0.05) is 0 Å². The maximum atomic E-state index is 10.2. The highest BCUT2D eigenvalue weighted by molar-refractivity contribution is 5.47. The highest BCUT2D eigenvalue weighted by atomic mass is 16.5. The number of phenols is 1. The van der Waals surface area contributed by atoms with Crippen molar-refractivity contribution < 1.29 is 9.84 Å². The molecule has 1 aliphatic carbocycles. The number of aromatic hydroxyl groups is 1. The Morgan fingerprint density at radius 3 is 2.83 bits per heavy atom. The summed E-state index contributed by atoms with van der Waals surface area (Å²) in [5.41, 5.74) is 3.03. The van der Waals surface area contributed by atoms with E-state index in [4.69, 9.17) is 4.74 Å². The molecule has 1 N–H and O–H groups in total. The molecule has 0 amide bonds. The van der Waals surface area contributed by atoms with Crippen LogP contribution in [0.2, 0.25) is 0 Å². The molecule has 0 heterocycles. The lowest BCUT2D eigenvalue weighted by Gasteiger charge is -2.12. The van der Waals surface area contributed by atoms with Crippen molar-refractivity contribution in [2.24, 2.45) is 0 Å². The minimum absolute atomic E-state index is 0.440. The fraction of sp³-hybridized carbons (Fsp3) is 0.375. The summed E-state index contributed by atoms with van der Waals surface area (Å²) in [5, 5.41) is 10.2. The van der Waals surface area contributed by atoms with Gasteiger partial charge in [0.1, 0.15) is 18.1 Å². The summed E-state index contributed by atoms with van der Waals surface area (Å²) in [6.07, 6.45) is 6.11. The molecule has 96 valence electrons. The van der Waals surface area contributed by atoms with Crippen LogP contribution in [0.25, 0.3) is 0 Å². The molecule has 1 aromatic rings. The molecular weight excluding hydrogens is 224 g/mol. The first-order valence-electron chi connectivity index (χ1n) is 6.39. The Labute approximate surface area is 109 Å². The fourth-order valence-corrected chi connectivity index (χ4v) is 2.05. The monoisotopic (exact) mass is 244 g/mol. The predicted octanol–water partition coefficient (Wildman–Crippen LogP) is 4.18. The number of phenolic OH excluding ortho intramolecular Hbond substituents is 1. The van der Waals surface area contributed by atoms with E-state index >= 15 is 0 Å². The van der Waals surface area contributed by atoms with Crippen molar-refractivity contribution in [1.29, 1.82) is 0 Å². The third-order valence-electron chi connectivity index (χ3n) is 3.36. The Bertz CT molecular complexity index is 482. The van der Waals surface area contributed by atoms with Crippen LogP contribution >= 0.6 is 0 Å². The van der Waals surface area contributed by atoms with Gasteiger partial charge in [0.2, 0.25) is 0 Å². The first kappa shape index (κ1) is 12.7. The molecule has 0 bridgehead atoms. The second-order valence-corrected chi connectivity index (χ2v) is 4.82. The molecule has 0 unspecified atom stereocenters. The standard InChI is InChI=1S/C16H20O2/c1-4-5-11(2)18-10-14-8-9-15(13-6-7-13)16(17)12(14)3/h4-5,8-9,13,17H,2,6-7,10H2,1,3H3/b5-4-. The second-order valence-electron chi connectivity index (χ2n) is 4.82. The van der Waals surface area contributed by atoms with Crippen molar-refractivity contribution in [2.45, 2.75) is 39.2 Å².